The highest BCUT2D eigenvalue weighted by Crippen LogP contribution is 2.09. The summed E-state index contributed by atoms with van der Waals surface area (Å²) < 4.78 is 5.19. The predicted molar refractivity (Wildman–Crippen MR) is 104 cm³/mol. The van der Waals surface area contributed by atoms with Crippen molar-refractivity contribution in [1.29, 1.82) is 0 Å². The summed E-state index contributed by atoms with van der Waals surface area (Å²) in [5.41, 5.74) is 6.23. The number of nitrogens with one attached hydrogen (secondary N) is 2. The first-order valence-electron chi connectivity index (χ1n) is 9.26. The molecule has 1 aromatic carbocycles. The van der Waals surface area contributed by atoms with Crippen molar-refractivity contribution in [2.45, 2.75) is 59.2 Å². The van der Waals surface area contributed by atoms with Gasteiger partial charge in [-0.15, -0.1) is 0 Å². The number of alkyl carbamates (subject to hydrolysis) is 1. The van der Waals surface area contributed by atoms with E-state index >= 15 is 0 Å². The molecule has 0 radical (unpaired) electrons. The van der Waals surface area contributed by atoms with Crippen LogP contribution >= 0.6 is 0 Å². The molecule has 2 atom stereocenters. The van der Waals surface area contributed by atoms with E-state index in [0.717, 1.165) is 5.56 Å². The van der Waals surface area contributed by atoms with E-state index in [4.69, 9.17) is 10.5 Å². The summed E-state index contributed by atoms with van der Waals surface area (Å²) in [4.78, 5) is 36.3. The third kappa shape index (κ3) is 9.08. The number of nitrogens with two attached hydrogens (primary N) is 1. The third-order valence-electron chi connectivity index (χ3n) is 3.90. The molecular formula is C20H31N3O4. The molecule has 0 aromatic heterocycles. The van der Waals surface area contributed by atoms with Crippen LogP contribution in [0, 0.1) is 11.8 Å². The lowest BCUT2D eigenvalue weighted by Crippen LogP contribution is -2.53. The molecule has 4 N–H and O–H groups in total. The van der Waals surface area contributed by atoms with Crippen molar-refractivity contribution in [3.05, 3.63) is 35.9 Å². The maximum atomic E-state index is 12.6. The van der Waals surface area contributed by atoms with Crippen molar-refractivity contribution < 1.29 is 19.1 Å². The van der Waals surface area contributed by atoms with Gasteiger partial charge in [-0.3, -0.25) is 9.59 Å². The number of hydrogen-bond acceptors (Lipinski definition) is 4. The van der Waals surface area contributed by atoms with Crippen LogP contribution in [0.2, 0.25) is 0 Å². The molecule has 1 unspecified atom stereocenters. The molecule has 3 amide bonds. The number of carbonyl (C=O) groups is 3. The molecule has 0 fully saturated rings. The molecule has 0 aliphatic carbocycles. The normalized spacial score (nSPS) is 13.1. The second-order valence-electron chi connectivity index (χ2n) is 7.48. The van der Waals surface area contributed by atoms with Crippen LogP contribution in [0.25, 0.3) is 0 Å². The second-order valence-corrected chi connectivity index (χ2v) is 7.48. The minimum Gasteiger partial charge on any atom is -0.445 e. The first kappa shape index (κ1) is 22.5. The number of ether oxygens (including phenoxy) is 1. The molecule has 27 heavy (non-hydrogen) atoms. The molecule has 0 saturated carbocycles. The first-order chi connectivity index (χ1) is 12.7. The minimum atomic E-state index is -0.803. The molecule has 7 nitrogen and oxygen atoms in total. The zero-order valence-electron chi connectivity index (χ0n) is 16.5. The molecule has 7 heteroatoms. The van der Waals surface area contributed by atoms with E-state index in [9.17, 15) is 14.4 Å². The van der Waals surface area contributed by atoms with Gasteiger partial charge in [0.15, 0.2) is 0 Å². The Labute approximate surface area is 161 Å². The molecule has 0 spiro atoms. The maximum absolute atomic E-state index is 12.6. The predicted octanol–water partition coefficient (Wildman–Crippen LogP) is 2.34. The van der Waals surface area contributed by atoms with Crippen LogP contribution in [0.3, 0.4) is 0 Å². The van der Waals surface area contributed by atoms with E-state index < -0.39 is 30.0 Å². The van der Waals surface area contributed by atoms with Gasteiger partial charge in [0.1, 0.15) is 18.7 Å². The molecule has 0 heterocycles. The number of rotatable bonds is 10. The van der Waals surface area contributed by atoms with E-state index in [0.29, 0.717) is 12.8 Å². The van der Waals surface area contributed by atoms with Crippen LogP contribution < -0.4 is 16.4 Å². The number of hydrogen-bond donors (Lipinski definition) is 3. The van der Waals surface area contributed by atoms with Gasteiger partial charge in [-0.1, -0.05) is 58.0 Å². The van der Waals surface area contributed by atoms with Gasteiger partial charge in [0.2, 0.25) is 11.8 Å². The smallest absolute Gasteiger partial charge is 0.408 e. The Balaban J connectivity index is 2.68. The summed E-state index contributed by atoms with van der Waals surface area (Å²) in [5, 5.41) is 5.24. The van der Waals surface area contributed by atoms with Gasteiger partial charge in [-0.2, -0.15) is 0 Å². The van der Waals surface area contributed by atoms with Crippen molar-refractivity contribution >= 4 is 17.9 Å². The van der Waals surface area contributed by atoms with Gasteiger partial charge >= 0.3 is 6.09 Å². The highest BCUT2D eigenvalue weighted by atomic mass is 16.5. The lowest BCUT2D eigenvalue weighted by atomic mass is 10.0. The molecule has 0 bridgehead atoms. The highest BCUT2D eigenvalue weighted by molar-refractivity contribution is 5.90. The number of primary amides is 1. The van der Waals surface area contributed by atoms with Crippen LogP contribution in [0.5, 0.6) is 0 Å². The fraction of sp³-hybridized carbons (Fsp3) is 0.550. The highest BCUT2D eigenvalue weighted by Gasteiger charge is 2.27. The number of benzene rings is 1. The van der Waals surface area contributed by atoms with E-state index in [1.54, 1.807) is 0 Å². The van der Waals surface area contributed by atoms with E-state index in [1.165, 1.54) is 0 Å². The van der Waals surface area contributed by atoms with Gasteiger partial charge in [0.05, 0.1) is 0 Å². The zero-order chi connectivity index (χ0) is 20.4. The topological polar surface area (TPSA) is 111 Å². The Morgan fingerprint density at radius 3 is 2.00 bits per heavy atom. The third-order valence-corrected chi connectivity index (χ3v) is 3.90. The lowest BCUT2D eigenvalue weighted by molar-refractivity contribution is -0.129. The van der Waals surface area contributed by atoms with Gasteiger partial charge in [0, 0.05) is 0 Å². The maximum Gasteiger partial charge on any atom is 0.408 e. The van der Waals surface area contributed by atoms with E-state index in [-0.39, 0.29) is 18.4 Å². The lowest BCUT2D eigenvalue weighted by Gasteiger charge is -2.23. The average Bonchev–Trinajstić information content (AvgIpc) is 2.58. The van der Waals surface area contributed by atoms with Crippen LogP contribution in [-0.4, -0.2) is 30.0 Å². The Hall–Kier alpha value is -2.57. The summed E-state index contributed by atoms with van der Waals surface area (Å²) in [5.74, 6) is -0.681. The second kappa shape index (κ2) is 11.2. The Morgan fingerprint density at radius 1 is 0.926 bits per heavy atom. The summed E-state index contributed by atoms with van der Waals surface area (Å²) >= 11 is 0. The van der Waals surface area contributed by atoms with Gasteiger partial charge < -0.3 is 21.1 Å². The SMILES string of the molecule is CC(C)CC(NC(=O)OCc1ccccc1)C(=O)N[C@@H](CC(C)C)C(N)=O. The van der Waals surface area contributed by atoms with Crippen molar-refractivity contribution in [3.63, 3.8) is 0 Å². The number of amides is 3. The van der Waals surface area contributed by atoms with Crippen molar-refractivity contribution in [1.82, 2.24) is 10.6 Å². The molecule has 0 saturated heterocycles. The summed E-state index contributed by atoms with van der Waals surface area (Å²) in [6.07, 6.45) is 0.173. The quantitative estimate of drug-likeness (QED) is 0.581. The van der Waals surface area contributed by atoms with Crippen molar-refractivity contribution in [2.75, 3.05) is 0 Å². The Morgan fingerprint density at radius 2 is 1.48 bits per heavy atom. The van der Waals surface area contributed by atoms with Crippen LogP contribution in [-0.2, 0) is 20.9 Å². The standard InChI is InChI=1S/C20H31N3O4/c1-13(2)10-16(18(21)24)22-19(25)17(11-14(3)4)23-20(26)27-12-15-8-6-5-7-9-15/h5-9,13-14,16-17H,10-12H2,1-4H3,(H2,21,24)(H,22,25)(H,23,26)/t16-,17?/m0/s1. The zero-order valence-corrected chi connectivity index (χ0v) is 16.5. The number of carbonyl (C=O) groups excluding carboxylic acids is 3. The molecule has 1 aromatic rings. The van der Waals surface area contributed by atoms with Crippen molar-refractivity contribution in [2.24, 2.45) is 17.6 Å². The monoisotopic (exact) mass is 377 g/mol. The first-order valence-corrected chi connectivity index (χ1v) is 9.26. The fourth-order valence-electron chi connectivity index (χ4n) is 2.60. The van der Waals surface area contributed by atoms with E-state index in [2.05, 4.69) is 10.6 Å². The summed E-state index contributed by atoms with van der Waals surface area (Å²) in [6.45, 7) is 7.87. The van der Waals surface area contributed by atoms with Gasteiger partial charge in [-0.05, 0) is 30.2 Å². The molecule has 150 valence electrons. The Kier molecular flexibility index (Phi) is 9.33. The molecule has 0 aliphatic heterocycles. The van der Waals surface area contributed by atoms with Crippen LogP contribution in [0.15, 0.2) is 30.3 Å². The molecule has 0 aliphatic rings. The van der Waals surface area contributed by atoms with Gasteiger partial charge in [0.25, 0.3) is 0 Å². The van der Waals surface area contributed by atoms with Crippen LogP contribution in [0.4, 0.5) is 4.79 Å². The summed E-state index contributed by atoms with van der Waals surface area (Å²) in [6, 6.07) is 7.69. The Bertz CT molecular complexity index is 617. The largest absolute Gasteiger partial charge is 0.445 e. The van der Waals surface area contributed by atoms with Gasteiger partial charge in [-0.25, -0.2) is 4.79 Å². The molecule has 1 rings (SSSR count). The molecular weight excluding hydrogens is 346 g/mol. The fourth-order valence-corrected chi connectivity index (χ4v) is 2.60. The van der Waals surface area contributed by atoms with E-state index in [1.807, 2.05) is 58.0 Å². The minimum absolute atomic E-state index is 0.111. The van der Waals surface area contributed by atoms with Crippen molar-refractivity contribution in [3.8, 4) is 0 Å². The average molecular weight is 377 g/mol. The van der Waals surface area contributed by atoms with Crippen LogP contribution in [0.1, 0.15) is 46.1 Å². The summed E-state index contributed by atoms with van der Waals surface area (Å²) in [7, 11) is 0.